The molecule has 0 aliphatic heterocycles. The van der Waals surface area contributed by atoms with E-state index in [2.05, 4.69) is 199 Å². The van der Waals surface area contributed by atoms with Crippen LogP contribution in [-0.2, 0) is 21.7 Å². The van der Waals surface area contributed by atoms with E-state index >= 15 is 0 Å². The average Bonchev–Trinajstić information content (AvgIpc) is 3.90. The number of nitrogens with zero attached hydrogens (tertiary/aromatic N) is 1. The van der Waals surface area contributed by atoms with Gasteiger partial charge in [0.1, 0.15) is 0 Å². The van der Waals surface area contributed by atoms with E-state index in [0.717, 1.165) is 0 Å². The van der Waals surface area contributed by atoms with Crippen LogP contribution in [-0.4, -0.2) is 4.57 Å². The fraction of sp³-hybridized carbons (Fsp3) is 0.207. The van der Waals surface area contributed by atoms with Gasteiger partial charge in [-0.2, -0.15) is 0 Å². The number of benzene rings is 8. The van der Waals surface area contributed by atoms with Gasteiger partial charge in [0.2, 0.25) is 0 Å². The van der Waals surface area contributed by atoms with Crippen molar-refractivity contribution >= 4 is 32.6 Å². The number of rotatable bonds is 1. The van der Waals surface area contributed by atoms with Crippen molar-refractivity contribution in [2.24, 2.45) is 0 Å². The summed E-state index contributed by atoms with van der Waals surface area (Å²) in [5, 5.41) is 5.28. The third-order valence-corrected chi connectivity index (χ3v) is 15.8. The van der Waals surface area contributed by atoms with Gasteiger partial charge >= 0.3 is 0 Å². The Hall–Kier alpha value is -6.18. The van der Waals surface area contributed by atoms with Gasteiger partial charge in [-0.25, -0.2) is 0 Å². The lowest BCUT2D eigenvalue weighted by molar-refractivity contribution is 0.652. The highest BCUT2D eigenvalue weighted by Crippen LogP contribution is 2.59. The van der Waals surface area contributed by atoms with Crippen molar-refractivity contribution in [1.82, 2.24) is 4.57 Å². The van der Waals surface area contributed by atoms with Crippen LogP contribution in [0.15, 0.2) is 140 Å². The minimum atomic E-state index is -0.201. The van der Waals surface area contributed by atoms with E-state index in [1.54, 1.807) is 0 Å². The summed E-state index contributed by atoms with van der Waals surface area (Å²) >= 11 is 0. The van der Waals surface area contributed by atoms with Gasteiger partial charge in [-0.05, 0) is 137 Å². The third-order valence-electron chi connectivity index (χ3n) is 15.8. The Bertz CT molecular complexity index is 3310. The van der Waals surface area contributed by atoms with Gasteiger partial charge in [0.15, 0.2) is 0 Å². The maximum absolute atomic E-state index is 2.65. The molecule has 1 heteroatoms. The first kappa shape index (κ1) is 33.8. The highest BCUT2D eigenvalue weighted by Gasteiger charge is 2.44. The molecule has 13 rings (SSSR count). The molecule has 0 amide bonds. The predicted octanol–water partition coefficient (Wildman–Crippen LogP) is 15.2. The van der Waals surface area contributed by atoms with Crippen LogP contribution in [0, 0.1) is 0 Å². The fourth-order valence-electron chi connectivity index (χ4n) is 12.6. The fourth-order valence-corrected chi connectivity index (χ4v) is 12.6. The minimum absolute atomic E-state index is 0.0620. The molecule has 0 saturated carbocycles. The van der Waals surface area contributed by atoms with Gasteiger partial charge in [0.05, 0.1) is 16.7 Å². The highest BCUT2D eigenvalue weighted by atomic mass is 15.0. The molecule has 0 bridgehead atoms. The smallest absolute Gasteiger partial charge is 0.0547 e. The Kier molecular flexibility index (Phi) is 6.02. The Morgan fingerprint density at radius 1 is 0.288 bits per heavy atom. The predicted molar refractivity (Wildman–Crippen MR) is 249 cm³/mol. The van der Waals surface area contributed by atoms with Gasteiger partial charge in [0, 0.05) is 37.8 Å². The number of fused-ring (bicyclic) bond motifs is 17. The largest absolute Gasteiger partial charge is 0.309 e. The molecule has 284 valence electrons. The quantitative estimate of drug-likeness (QED) is 0.157. The maximum atomic E-state index is 2.65. The average molecular weight is 758 g/mol. The van der Waals surface area contributed by atoms with Crippen LogP contribution in [0.5, 0.6) is 0 Å². The van der Waals surface area contributed by atoms with Crippen molar-refractivity contribution in [2.75, 3.05) is 0 Å². The van der Waals surface area contributed by atoms with E-state index in [1.165, 1.54) is 127 Å². The summed E-state index contributed by atoms with van der Waals surface area (Å²) in [6.07, 6.45) is 0. The number of hydrogen-bond acceptors (Lipinski definition) is 0. The van der Waals surface area contributed by atoms with Crippen LogP contribution < -0.4 is 0 Å². The third kappa shape index (κ3) is 3.89. The summed E-state index contributed by atoms with van der Waals surface area (Å²) in [7, 11) is 0. The summed E-state index contributed by atoms with van der Waals surface area (Å²) in [5.41, 5.74) is 25.7. The summed E-state index contributed by atoms with van der Waals surface area (Å²) in [5.74, 6) is 0. The Labute approximate surface area is 347 Å². The SMILES string of the molecule is CC1(C)c2ccccc2-c2cc3c(cc21)-c1c(cc(-n2c4cc5c(cc4c4cc6c(cc42)-c2ccccc2C6(C)C)C(C)(C)c2ccccc2-5)c2ccccc12)C3(C)C. The molecule has 59 heavy (non-hydrogen) atoms. The molecule has 9 aromatic rings. The molecule has 1 aromatic heterocycles. The Morgan fingerprint density at radius 3 is 1.17 bits per heavy atom. The molecule has 0 unspecified atom stereocenters. The molecule has 0 saturated heterocycles. The first-order chi connectivity index (χ1) is 28.3. The summed E-state index contributed by atoms with van der Waals surface area (Å²) in [6.45, 7) is 19.3. The lowest BCUT2D eigenvalue weighted by Crippen LogP contribution is -2.17. The van der Waals surface area contributed by atoms with E-state index in [1.807, 2.05) is 0 Å². The molecular weight excluding hydrogens is 711 g/mol. The van der Waals surface area contributed by atoms with Crippen LogP contribution in [0.25, 0.3) is 82.8 Å². The van der Waals surface area contributed by atoms with E-state index in [0.29, 0.717) is 0 Å². The van der Waals surface area contributed by atoms with Crippen molar-refractivity contribution in [3.63, 3.8) is 0 Å². The molecule has 0 spiro atoms. The Morgan fingerprint density at radius 2 is 0.661 bits per heavy atom. The van der Waals surface area contributed by atoms with Crippen LogP contribution in [0.1, 0.15) is 99.9 Å². The van der Waals surface area contributed by atoms with Gasteiger partial charge < -0.3 is 4.57 Å². The topological polar surface area (TPSA) is 4.93 Å². The Balaban J connectivity index is 1.15. The highest BCUT2D eigenvalue weighted by molar-refractivity contribution is 6.16. The molecular formula is C58H47N. The second-order valence-electron chi connectivity index (χ2n) is 20.1. The molecule has 1 heterocycles. The molecule has 0 atom stereocenters. The maximum Gasteiger partial charge on any atom is 0.0547 e. The molecule has 0 fully saturated rings. The lowest BCUT2D eigenvalue weighted by Gasteiger charge is -2.25. The first-order valence-corrected chi connectivity index (χ1v) is 21.5. The van der Waals surface area contributed by atoms with E-state index in [4.69, 9.17) is 0 Å². The van der Waals surface area contributed by atoms with E-state index in [-0.39, 0.29) is 21.7 Å². The zero-order valence-corrected chi connectivity index (χ0v) is 35.2. The zero-order valence-electron chi connectivity index (χ0n) is 35.2. The minimum Gasteiger partial charge on any atom is -0.309 e. The summed E-state index contributed by atoms with van der Waals surface area (Å²) < 4.78 is 2.65. The lowest BCUT2D eigenvalue weighted by atomic mass is 9.79. The number of aromatic nitrogens is 1. The monoisotopic (exact) mass is 757 g/mol. The van der Waals surface area contributed by atoms with Crippen molar-refractivity contribution in [2.45, 2.75) is 77.0 Å². The summed E-state index contributed by atoms with van der Waals surface area (Å²) in [6, 6.07) is 54.3. The summed E-state index contributed by atoms with van der Waals surface area (Å²) in [4.78, 5) is 0. The van der Waals surface area contributed by atoms with E-state index in [9.17, 15) is 0 Å². The van der Waals surface area contributed by atoms with Crippen LogP contribution in [0.2, 0.25) is 0 Å². The standard InChI is InChI=1S/C58H47N/c1-55(2)44-23-15-12-18-33(44)38-29-51-40(26-46(38)55)41-27-47-39(34-19-13-16-24-45(34)56(47,3)4)30-52(41)59(51)53-31-50-54(36-21-10-9-20-35(36)53)42-28-48-37(25-49(42)58(50,7)8)32-17-11-14-22-43(32)57(48,5)6/h9-31H,1-8H3. The van der Waals surface area contributed by atoms with Gasteiger partial charge in [-0.1, -0.05) is 152 Å². The first-order valence-electron chi connectivity index (χ1n) is 21.5. The molecule has 0 N–H and O–H groups in total. The second kappa shape index (κ2) is 10.5. The van der Waals surface area contributed by atoms with E-state index < -0.39 is 0 Å². The normalized spacial score (nSPS) is 17.4. The molecule has 1 nitrogen and oxygen atoms in total. The van der Waals surface area contributed by atoms with Gasteiger partial charge in [-0.15, -0.1) is 0 Å². The zero-order chi connectivity index (χ0) is 40.1. The molecule has 4 aliphatic rings. The second-order valence-corrected chi connectivity index (χ2v) is 20.1. The molecule has 0 radical (unpaired) electrons. The van der Waals surface area contributed by atoms with Crippen molar-refractivity contribution in [3.05, 3.63) is 184 Å². The molecule has 4 aliphatic carbocycles. The van der Waals surface area contributed by atoms with Crippen LogP contribution >= 0.6 is 0 Å². The van der Waals surface area contributed by atoms with Crippen molar-refractivity contribution in [3.8, 4) is 50.2 Å². The van der Waals surface area contributed by atoms with Crippen LogP contribution in [0.4, 0.5) is 0 Å². The van der Waals surface area contributed by atoms with Gasteiger partial charge in [0.25, 0.3) is 0 Å². The van der Waals surface area contributed by atoms with Crippen LogP contribution in [0.3, 0.4) is 0 Å². The van der Waals surface area contributed by atoms with Crippen molar-refractivity contribution < 1.29 is 0 Å². The molecule has 8 aromatic carbocycles. The van der Waals surface area contributed by atoms with Gasteiger partial charge in [-0.3, -0.25) is 0 Å². The number of hydrogen-bond donors (Lipinski definition) is 0. The van der Waals surface area contributed by atoms with Crippen molar-refractivity contribution in [1.29, 1.82) is 0 Å².